The second-order valence-electron chi connectivity index (χ2n) is 6.53. The molecule has 0 heterocycles. The van der Waals surface area contributed by atoms with Crippen LogP contribution in [-0.2, 0) is 4.79 Å². The Labute approximate surface area is 148 Å². The maximum atomic E-state index is 12.2. The van der Waals surface area contributed by atoms with Crippen molar-refractivity contribution in [3.05, 3.63) is 71.8 Å². The largest absolute Gasteiger partial charge is 0.354 e. The molecule has 2 N–H and O–H groups in total. The molecule has 0 aromatic heterocycles. The summed E-state index contributed by atoms with van der Waals surface area (Å²) in [6, 6.07) is 19.4. The third-order valence-electron chi connectivity index (χ3n) is 4.59. The average molecular weight is 336 g/mol. The second-order valence-corrected chi connectivity index (χ2v) is 6.53. The number of rotatable bonds is 8. The SMILES string of the molecule is O=C(CC(c1ccccc1)C1CC1)NCCNC(=O)c1ccccc1. The molecule has 0 bridgehead atoms. The molecule has 1 saturated carbocycles. The molecule has 2 aromatic carbocycles. The molecule has 2 aromatic rings. The van der Waals surface area contributed by atoms with E-state index in [0.29, 0.717) is 36.9 Å². The van der Waals surface area contributed by atoms with Crippen LogP contribution >= 0.6 is 0 Å². The zero-order chi connectivity index (χ0) is 17.5. The lowest BCUT2D eigenvalue weighted by Gasteiger charge is -2.16. The summed E-state index contributed by atoms with van der Waals surface area (Å²) >= 11 is 0. The first-order chi connectivity index (χ1) is 12.2. The molecule has 4 heteroatoms. The maximum Gasteiger partial charge on any atom is 0.251 e. The number of nitrogens with one attached hydrogen (secondary N) is 2. The minimum atomic E-state index is -0.116. The van der Waals surface area contributed by atoms with Crippen LogP contribution in [0.5, 0.6) is 0 Å². The smallest absolute Gasteiger partial charge is 0.251 e. The van der Waals surface area contributed by atoms with Crippen molar-refractivity contribution in [2.24, 2.45) is 5.92 Å². The fourth-order valence-electron chi connectivity index (χ4n) is 3.10. The van der Waals surface area contributed by atoms with E-state index in [-0.39, 0.29) is 11.8 Å². The van der Waals surface area contributed by atoms with Gasteiger partial charge >= 0.3 is 0 Å². The summed E-state index contributed by atoms with van der Waals surface area (Å²) in [7, 11) is 0. The number of amides is 2. The Bertz CT molecular complexity index is 696. The number of carbonyl (C=O) groups excluding carboxylic acids is 2. The Morgan fingerprint density at radius 2 is 1.48 bits per heavy atom. The van der Waals surface area contributed by atoms with Gasteiger partial charge in [-0.1, -0.05) is 48.5 Å². The van der Waals surface area contributed by atoms with Gasteiger partial charge in [-0.15, -0.1) is 0 Å². The molecule has 1 aliphatic rings. The van der Waals surface area contributed by atoms with Crippen molar-refractivity contribution in [2.45, 2.75) is 25.2 Å². The van der Waals surface area contributed by atoms with Crippen LogP contribution in [-0.4, -0.2) is 24.9 Å². The van der Waals surface area contributed by atoms with Gasteiger partial charge in [0.2, 0.25) is 5.91 Å². The van der Waals surface area contributed by atoms with Gasteiger partial charge in [-0.3, -0.25) is 9.59 Å². The molecule has 1 unspecified atom stereocenters. The minimum absolute atomic E-state index is 0.0507. The number of carbonyl (C=O) groups is 2. The first-order valence-electron chi connectivity index (χ1n) is 8.89. The van der Waals surface area contributed by atoms with Crippen molar-refractivity contribution in [1.29, 1.82) is 0 Å². The first kappa shape index (κ1) is 17.2. The van der Waals surface area contributed by atoms with Crippen molar-refractivity contribution < 1.29 is 9.59 Å². The van der Waals surface area contributed by atoms with Crippen LogP contribution in [0.4, 0.5) is 0 Å². The normalized spacial score (nSPS) is 14.6. The Morgan fingerprint density at radius 1 is 0.880 bits per heavy atom. The van der Waals surface area contributed by atoms with E-state index in [1.807, 2.05) is 36.4 Å². The van der Waals surface area contributed by atoms with E-state index in [0.717, 1.165) is 0 Å². The van der Waals surface area contributed by atoms with Crippen LogP contribution in [0.3, 0.4) is 0 Å². The van der Waals surface area contributed by atoms with Crippen molar-refractivity contribution in [3.63, 3.8) is 0 Å². The summed E-state index contributed by atoms with van der Waals surface area (Å²) in [5.74, 6) is 0.871. The van der Waals surface area contributed by atoms with Gasteiger partial charge < -0.3 is 10.6 Å². The highest BCUT2D eigenvalue weighted by molar-refractivity contribution is 5.94. The van der Waals surface area contributed by atoms with Crippen molar-refractivity contribution in [2.75, 3.05) is 13.1 Å². The predicted molar refractivity (Wildman–Crippen MR) is 98.3 cm³/mol. The number of benzene rings is 2. The fraction of sp³-hybridized carbons (Fsp3) is 0.333. The van der Waals surface area contributed by atoms with Crippen molar-refractivity contribution >= 4 is 11.8 Å². The lowest BCUT2D eigenvalue weighted by atomic mass is 9.91. The minimum Gasteiger partial charge on any atom is -0.354 e. The molecule has 1 fully saturated rings. The molecule has 0 radical (unpaired) electrons. The summed E-state index contributed by atoms with van der Waals surface area (Å²) in [4.78, 5) is 24.2. The van der Waals surface area contributed by atoms with E-state index >= 15 is 0 Å². The Balaban J connectivity index is 1.41. The first-order valence-corrected chi connectivity index (χ1v) is 8.89. The van der Waals surface area contributed by atoms with Gasteiger partial charge in [-0.05, 0) is 42.4 Å². The van der Waals surface area contributed by atoms with Gasteiger partial charge in [0.25, 0.3) is 5.91 Å². The molecule has 0 aliphatic heterocycles. The van der Waals surface area contributed by atoms with E-state index in [9.17, 15) is 9.59 Å². The summed E-state index contributed by atoms with van der Waals surface area (Å²) in [5, 5.41) is 5.74. The summed E-state index contributed by atoms with van der Waals surface area (Å²) in [6.07, 6.45) is 2.93. The van der Waals surface area contributed by atoms with Crippen LogP contribution in [0.1, 0.15) is 41.1 Å². The lowest BCUT2D eigenvalue weighted by Crippen LogP contribution is -2.35. The monoisotopic (exact) mass is 336 g/mol. The number of hydrogen-bond acceptors (Lipinski definition) is 2. The van der Waals surface area contributed by atoms with E-state index in [4.69, 9.17) is 0 Å². The standard InChI is InChI=1S/C21H24N2O2/c24-20(15-19(17-11-12-17)16-7-3-1-4-8-16)22-13-14-23-21(25)18-9-5-2-6-10-18/h1-10,17,19H,11-15H2,(H,22,24)(H,23,25). The van der Waals surface area contributed by atoms with Crippen LogP contribution in [0.2, 0.25) is 0 Å². The fourth-order valence-corrected chi connectivity index (χ4v) is 3.10. The molecule has 3 rings (SSSR count). The molecular weight excluding hydrogens is 312 g/mol. The average Bonchev–Trinajstić information content (AvgIpc) is 3.49. The van der Waals surface area contributed by atoms with Crippen LogP contribution in [0.25, 0.3) is 0 Å². The molecule has 1 aliphatic carbocycles. The third kappa shape index (κ3) is 5.18. The predicted octanol–water partition coefficient (Wildman–Crippen LogP) is 3.12. The molecule has 0 saturated heterocycles. The van der Waals surface area contributed by atoms with Gasteiger partial charge in [0.15, 0.2) is 0 Å². The van der Waals surface area contributed by atoms with Crippen LogP contribution < -0.4 is 10.6 Å². The van der Waals surface area contributed by atoms with Gasteiger partial charge in [-0.2, -0.15) is 0 Å². The van der Waals surface area contributed by atoms with Crippen molar-refractivity contribution in [3.8, 4) is 0 Å². The lowest BCUT2D eigenvalue weighted by molar-refractivity contribution is -0.121. The molecule has 25 heavy (non-hydrogen) atoms. The van der Waals surface area contributed by atoms with Gasteiger partial charge in [0.05, 0.1) is 0 Å². The van der Waals surface area contributed by atoms with Gasteiger partial charge in [0.1, 0.15) is 0 Å². The van der Waals surface area contributed by atoms with Crippen LogP contribution in [0.15, 0.2) is 60.7 Å². The maximum absolute atomic E-state index is 12.2. The molecule has 4 nitrogen and oxygen atoms in total. The highest BCUT2D eigenvalue weighted by Crippen LogP contribution is 2.44. The number of hydrogen-bond donors (Lipinski definition) is 2. The topological polar surface area (TPSA) is 58.2 Å². The molecule has 0 spiro atoms. The zero-order valence-corrected chi connectivity index (χ0v) is 14.3. The third-order valence-corrected chi connectivity index (χ3v) is 4.59. The summed E-state index contributed by atoms with van der Waals surface area (Å²) < 4.78 is 0. The quantitative estimate of drug-likeness (QED) is 0.728. The highest BCUT2D eigenvalue weighted by Gasteiger charge is 2.33. The second kappa shape index (κ2) is 8.47. The molecule has 2 amide bonds. The Morgan fingerprint density at radius 3 is 2.12 bits per heavy atom. The van der Waals surface area contributed by atoms with Crippen LogP contribution in [0, 0.1) is 5.92 Å². The van der Waals surface area contributed by atoms with Gasteiger partial charge in [0, 0.05) is 25.1 Å². The van der Waals surface area contributed by atoms with Gasteiger partial charge in [-0.25, -0.2) is 0 Å². The zero-order valence-electron chi connectivity index (χ0n) is 14.3. The van der Waals surface area contributed by atoms with Crippen molar-refractivity contribution in [1.82, 2.24) is 10.6 Å². The highest BCUT2D eigenvalue weighted by atomic mass is 16.2. The van der Waals surface area contributed by atoms with E-state index < -0.39 is 0 Å². The summed E-state index contributed by atoms with van der Waals surface area (Å²) in [5.41, 5.74) is 1.88. The van der Waals surface area contributed by atoms with E-state index in [2.05, 4.69) is 22.8 Å². The molecule has 1 atom stereocenters. The Hall–Kier alpha value is -2.62. The molecular formula is C21H24N2O2. The van der Waals surface area contributed by atoms with E-state index in [1.165, 1.54) is 18.4 Å². The molecule has 130 valence electrons. The van der Waals surface area contributed by atoms with E-state index in [1.54, 1.807) is 12.1 Å². The summed E-state index contributed by atoms with van der Waals surface area (Å²) in [6.45, 7) is 0.877. The Kier molecular flexibility index (Phi) is 5.83.